The van der Waals surface area contributed by atoms with Crippen LogP contribution in [0.15, 0.2) is 0 Å². The highest BCUT2D eigenvalue weighted by Crippen LogP contribution is 2.33. The highest BCUT2D eigenvalue weighted by Gasteiger charge is 2.37. The van der Waals surface area contributed by atoms with Crippen LogP contribution in [-0.4, -0.2) is 29.7 Å². The summed E-state index contributed by atoms with van der Waals surface area (Å²) in [4.78, 5) is 12.5. The Labute approximate surface area is 122 Å². The predicted octanol–water partition coefficient (Wildman–Crippen LogP) is 1.81. The third kappa shape index (κ3) is 3.73. The minimum absolute atomic E-state index is 0.0730. The first kappa shape index (κ1) is 15.8. The van der Waals surface area contributed by atoms with Crippen LogP contribution >= 0.6 is 0 Å². The zero-order valence-electron chi connectivity index (χ0n) is 12.7. The summed E-state index contributed by atoms with van der Waals surface area (Å²) in [5, 5.41) is 12.9. The lowest BCUT2D eigenvalue weighted by Gasteiger charge is -2.40. The van der Waals surface area contributed by atoms with E-state index >= 15 is 0 Å². The van der Waals surface area contributed by atoms with Gasteiger partial charge >= 0.3 is 0 Å². The van der Waals surface area contributed by atoms with Crippen molar-refractivity contribution >= 4 is 5.91 Å². The van der Waals surface area contributed by atoms with E-state index in [2.05, 4.69) is 12.2 Å². The molecule has 20 heavy (non-hydrogen) atoms. The number of hydrogen-bond acceptors (Lipinski definition) is 3. The molecule has 0 unspecified atom stereocenters. The Morgan fingerprint density at radius 2 is 1.80 bits per heavy atom. The average Bonchev–Trinajstić information content (AvgIpc) is 2.50. The van der Waals surface area contributed by atoms with Crippen LogP contribution in [0, 0.1) is 17.8 Å². The van der Waals surface area contributed by atoms with Crippen LogP contribution in [0.1, 0.15) is 58.3 Å². The number of carbonyl (C=O) groups excluding carboxylic acids is 1. The first-order valence-corrected chi connectivity index (χ1v) is 8.21. The fraction of sp³-hybridized carbons (Fsp3) is 0.938. The Morgan fingerprint density at radius 3 is 2.30 bits per heavy atom. The van der Waals surface area contributed by atoms with Crippen LogP contribution in [0.5, 0.6) is 0 Å². The van der Waals surface area contributed by atoms with Crippen molar-refractivity contribution in [3.8, 4) is 0 Å². The third-order valence-electron chi connectivity index (χ3n) is 5.47. The second-order valence-corrected chi connectivity index (χ2v) is 7.06. The average molecular weight is 282 g/mol. The lowest BCUT2D eigenvalue weighted by Crippen LogP contribution is -2.55. The smallest absolute Gasteiger partial charge is 0.223 e. The summed E-state index contributed by atoms with van der Waals surface area (Å²) in [5.41, 5.74) is 5.34. The van der Waals surface area contributed by atoms with E-state index in [0.29, 0.717) is 11.8 Å². The number of nitrogens with two attached hydrogens (primary N) is 1. The summed E-state index contributed by atoms with van der Waals surface area (Å²) in [7, 11) is 0. The van der Waals surface area contributed by atoms with Gasteiger partial charge in [0.05, 0.1) is 12.1 Å². The van der Waals surface area contributed by atoms with Crippen molar-refractivity contribution in [1.82, 2.24) is 5.32 Å². The number of nitrogens with one attached hydrogen (secondary N) is 1. The van der Waals surface area contributed by atoms with Gasteiger partial charge in [0.1, 0.15) is 0 Å². The van der Waals surface area contributed by atoms with Gasteiger partial charge in [0.2, 0.25) is 5.91 Å². The molecule has 2 rings (SSSR count). The molecule has 0 heterocycles. The van der Waals surface area contributed by atoms with E-state index in [1.165, 1.54) is 0 Å². The zero-order chi connectivity index (χ0) is 14.6. The summed E-state index contributed by atoms with van der Waals surface area (Å²) < 4.78 is 0. The van der Waals surface area contributed by atoms with E-state index in [4.69, 9.17) is 5.73 Å². The highest BCUT2D eigenvalue weighted by molar-refractivity contribution is 5.79. The Balaban J connectivity index is 1.86. The van der Waals surface area contributed by atoms with E-state index in [1.807, 2.05) is 0 Å². The molecule has 1 amide bonds. The van der Waals surface area contributed by atoms with Crippen molar-refractivity contribution in [2.45, 2.75) is 63.8 Å². The molecule has 0 atom stereocenters. The van der Waals surface area contributed by atoms with Crippen LogP contribution < -0.4 is 11.1 Å². The van der Waals surface area contributed by atoms with Crippen LogP contribution in [0.2, 0.25) is 0 Å². The Kier molecular flexibility index (Phi) is 5.44. The van der Waals surface area contributed by atoms with Crippen molar-refractivity contribution in [2.75, 3.05) is 13.2 Å². The van der Waals surface area contributed by atoms with E-state index in [1.54, 1.807) is 0 Å². The van der Waals surface area contributed by atoms with Crippen LogP contribution in [0.4, 0.5) is 0 Å². The number of hydrogen-bond donors (Lipinski definition) is 3. The molecule has 4 heteroatoms. The SMILES string of the molecule is CC1CCC(CO)(NC(=O)C2CCC(CN)CC2)CC1. The molecule has 0 bridgehead atoms. The lowest BCUT2D eigenvalue weighted by molar-refractivity contribution is -0.129. The van der Waals surface area contributed by atoms with Crippen molar-refractivity contribution in [1.29, 1.82) is 0 Å². The maximum absolute atomic E-state index is 12.5. The molecule has 0 aromatic heterocycles. The first-order chi connectivity index (χ1) is 9.58. The van der Waals surface area contributed by atoms with Gasteiger partial charge in [-0.1, -0.05) is 6.92 Å². The summed E-state index contributed by atoms with van der Waals surface area (Å²) in [5.74, 6) is 1.60. The lowest BCUT2D eigenvalue weighted by atomic mass is 9.76. The van der Waals surface area contributed by atoms with Crippen molar-refractivity contribution < 1.29 is 9.90 Å². The fourth-order valence-electron chi connectivity index (χ4n) is 3.66. The molecule has 4 N–H and O–H groups in total. The van der Waals surface area contributed by atoms with Gasteiger partial charge < -0.3 is 16.2 Å². The maximum Gasteiger partial charge on any atom is 0.223 e. The third-order valence-corrected chi connectivity index (χ3v) is 5.47. The standard InChI is InChI=1S/C16H30N2O2/c1-12-6-8-16(11-19,9-7-12)18-15(20)14-4-2-13(10-17)3-5-14/h12-14,19H,2-11,17H2,1H3,(H,18,20). The monoisotopic (exact) mass is 282 g/mol. The maximum atomic E-state index is 12.5. The topological polar surface area (TPSA) is 75.3 Å². The van der Waals surface area contributed by atoms with Crippen molar-refractivity contribution in [2.24, 2.45) is 23.5 Å². The molecule has 2 fully saturated rings. The van der Waals surface area contributed by atoms with Gasteiger partial charge in [0, 0.05) is 5.92 Å². The second kappa shape index (κ2) is 6.90. The minimum atomic E-state index is -0.353. The van der Waals surface area contributed by atoms with Crippen molar-refractivity contribution in [3.05, 3.63) is 0 Å². The molecule has 0 aromatic carbocycles. The van der Waals surface area contributed by atoms with Crippen molar-refractivity contribution in [3.63, 3.8) is 0 Å². The van der Waals surface area contributed by atoms with E-state index in [-0.39, 0.29) is 24.0 Å². The van der Waals surface area contributed by atoms with E-state index < -0.39 is 0 Å². The second-order valence-electron chi connectivity index (χ2n) is 7.06. The molecule has 0 aliphatic heterocycles. The number of amides is 1. The summed E-state index contributed by atoms with van der Waals surface area (Å²) in [6.45, 7) is 3.06. The first-order valence-electron chi connectivity index (χ1n) is 8.21. The molecule has 2 aliphatic carbocycles. The van der Waals surface area contributed by atoms with Crippen LogP contribution in [0.25, 0.3) is 0 Å². The van der Waals surface area contributed by atoms with Gasteiger partial charge in [-0.25, -0.2) is 0 Å². The quantitative estimate of drug-likeness (QED) is 0.736. The molecular formula is C16H30N2O2. The summed E-state index contributed by atoms with van der Waals surface area (Å²) in [6, 6.07) is 0. The largest absolute Gasteiger partial charge is 0.394 e. The van der Waals surface area contributed by atoms with E-state index in [9.17, 15) is 9.90 Å². The predicted molar refractivity (Wildman–Crippen MR) is 80.1 cm³/mol. The zero-order valence-corrected chi connectivity index (χ0v) is 12.7. The van der Waals surface area contributed by atoms with Gasteiger partial charge in [0.15, 0.2) is 0 Å². The van der Waals surface area contributed by atoms with Crippen LogP contribution in [0.3, 0.4) is 0 Å². The van der Waals surface area contributed by atoms with Gasteiger partial charge in [-0.15, -0.1) is 0 Å². The van der Waals surface area contributed by atoms with Crippen LogP contribution in [-0.2, 0) is 4.79 Å². The molecular weight excluding hydrogens is 252 g/mol. The Bertz CT molecular complexity index is 316. The Hall–Kier alpha value is -0.610. The fourth-order valence-corrected chi connectivity index (χ4v) is 3.66. The van der Waals surface area contributed by atoms with Gasteiger partial charge in [-0.2, -0.15) is 0 Å². The number of rotatable bonds is 4. The van der Waals surface area contributed by atoms with E-state index in [0.717, 1.165) is 57.9 Å². The summed E-state index contributed by atoms with van der Waals surface area (Å²) in [6.07, 6.45) is 8.05. The molecule has 0 saturated heterocycles. The molecule has 0 radical (unpaired) electrons. The number of aliphatic hydroxyl groups excluding tert-OH is 1. The summed E-state index contributed by atoms with van der Waals surface area (Å²) >= 11 is 0. The number of aliphatic hydroxyl groups is 1. The molecule has 4 nitrogen and oxygen atoms in total. The normalized spacial score (nSPS) is 38.5. The van der Waals surface area contributed by atoms with Gasteiger partial charge in [0.25, 0.3) is 0 Å². The minimum Gasteiger partial charge on any atom is -0.394 e. The number of carbonyl (C=O) groups is 1. The Morgan fingerprint density at radius 1 is 1.20 bits per heavy atom. The molecule has 2 aliphatic rings. The van der Waals surface area contributed by atoms with Gasteiger partial charge in [-0.3, -0.25) is 4.79 Å². The molecule has 0 spiro atoms. The highest BCUT2D eigenvalue weighted by atomic mass is 16.3. The molecule has 116 valence electrons. The molecule has 0 aromatic rings. The van der Waals surface area contributed by atoms with Gasteiger partial charge in [-0.05, 0) is 69.7 Å². The molecule has 2 saturated carbocycles.